The molecule has 0 rings (SSSR count). The number of halogens is 1. The SMILES string of the molecule is CN(C)P(=O)(S)Cl. The van der Waals surface area contributed by atoms with Gasteiger partial charge in [-0.25, -0.2) is 4.67 Å². The summed E-state index contributed by atoms with van der Waals surface area (Å²) in [7, 11) is 3.22. The van der Waals surface area contributed by atoms with Crippen molar-refractivity contribution >= 4 is 29.3 Å². The summed E-state index contributed by atoms with van der Waals surface area (Å²) in [6.45, 7) is 0. The monoisotopic (exact) mass is 159 g/mol. The Morgan fingerprint density at radius 3 is 1.86 bits per heavy atom. The molecule has 44 valence electrons. The van der Waals surface area contributed by atoms with Crippen molar-refractivity contribution in [3.63, 3.8) is 0 Å². The number of rotatable bonds is 1. The second-order valence-electron chi connectivity index (χ2n) is 1.32. The summed E-state index contributed by atoms with van der Waals surface area (Å²) in [4.78, 5) is 0. The van der Waals surface area contributed by atoms with E-state index in [2.05, 4.69) is 12.2 Å². The molecule has 5 heteroatoms. The lowest BCUT2D eigenvalue weighted by Crippen LogP contribution is -1.99. The minimum Gasteiger partial charge on any atom is -0.277 e. The molecule has 0 aliphatic carbocycles. The van der Waals surface area contributed by atoms with Crippen LogP contribution in [0.5, 0.6) is 0 Å². The predicted octanol–water partition coefficient (Wildman–Crippen LogP) is 1.82. The van der Waals surface area contributed by atoms with Crippen LogP contribution >= 0.6 is 29.3 Å². The Morgan fingerprint density at radius 1 is 1.71 bits per heavy atom. The lowest BCUT2D eigenvalue weighted by molar-refractivity contribution is 0.544. The van der Waals surface area contributed by atoms with Crippen LogP contribution in [0.15, 0.2) is 0 Å². The second kappa shape index (κ2) is 2.40. The molecule has 1 unspecified atom stereocenters. The Hall–Kier alpha value is 0.830. The van der Waals surface area contributed by atoms with Crippen LogP contribution in [0.1, 0.15) is 0 Å². The van der Waals surface area contributed by atoms with Crippen molar-refractivity contribution < 1.29 is 4.57 Å². The van der Waals surface area contributed by atoms with Crippen LogP contribution in [0.25, 0.3) is 0 Å². The summed E-state index contributed by atoms with van der Waals surface area (Å²) in [6.07, 6.45) is 0. The van der Waals surface area contributed by atoms with Crippen LogP contribution < -0.4 is 0 Å². The standard InChI is InChI=1S/C2H7ClNOPS/c1-4(2)6(3,5)7/h1-2H3,(H,5,7). The summed E-state index contributed by atoms with van der Waals surface area (Å²) in [5.41, 5.74) is 0. The summed E-state index contributed by atoms with van der Waals surface area (Å²) < 4.78 is 11.8. The molecule has 0 fully saturated rings. The fourth-order valence-corrected chi connectivity index (χ4v) is 0. The zero-order chi connectivity index (χ0) is 6.08. The maximum atomic E-state index is 10.5. The zero-order valence-electron chi connectivity index (χ0n) is 4.13. The van der Waals surface area contributed by atoms with Crippen molar-refractivity contribution in [3.05, 3.63) is 0 Å². The highest BCUT2D eigenvalue weighted by Gasteiger charge is 2.12. The molecular formula is C2H7ClNOPS. The predicted molar refractivity (Wildman–Crippen MR) is 36.1 cm³/mol. The van der Waals surface area contributed by atoms with E-state index in [-0.39, 0.29) is 0 Å². The average molecular weight is 160 g/mol. The molecule has 0 radical (unpaired) electrons. The molecule has 0 saturated carbocycles. The minimum absolute atomic E-state index is 1.37. The van der Waals surface area contributed by atoms with Gasteiger partial charge in [0.1, 0.15) is 0 Å². The van der Waals surface area contributed by atoms with Gasteiger partial charge in [-0.3, -0.25) is 4.57 Å². The molecule has 0 aliphatic heterocycles. The molecule has 0 aromatic carbocycles. The van der Waals surface area contributed by atoms with Crippen LogP contribution in [0.3, 0.4) is 0 Å². The lowest BCUT2D eigenvalue weighted by atomic mass is 11.3. The van der Waals surface area contributed by atoms with Crippen LogP contribution in [-0.2, 0) is 4.57 Å². The first kappa shape index (κ1) is 7.83. The molecule has 0 amide bonds. The maximum absolute atomic E-state index is 10.5. The summed E-state index contributed by atoms with van der Waals surface area (Å²) in [5, 5.41) is 0. The Bertz CT molecular complexity index is 99.9. The Morgan fingerprint density at radius 2 is 1.86 bits per heavy atom. The third kappa shape index (κ3) is 3.42. The van der Waals surface area contributed by atoms with E-state index in [0.717, 1.165) is 0 Å². The van der Waals surface area contributed by atoms with Gasteiger partial charge in [0.05, 0.1) is 0 Å². The van der Waals surface area contributed by atoms with Gasteiger partial charge in [-0.05, 0) is 25.3 Å². The van der Waals surface area contributed by atoms with E-state index < -0.39 is 5.85 Å². The van der Waals surface area contributed by atoms with E-state index in [1.165, 1.54) is 4.67 Å². The van der Waals surface area contributed by atoms with E-state index in [1.807, 2.05) is 0 Å². The van der Waals surface area contributed by atoms with E-state index in [9.17, 15) is 4.57 Å². The number of thiol groups is 1. The van der Waals surface area contributed by atoms with Crippen molar-refractivity contribution in [2.45, 2.75) is 0 Å². The molecule has 0 heterocycles. The van der Waals surface area contributed by atoms with Crippen LogP contribution in [0.4, 0.5) is 0 Å². The van der Waals surface area contributed by atoms with Crippen molar-refractivity contribution in [3.8, 4) is 0 Å². The zero-order valence-corrected chi connectivity index (χ0v) is 6.67. The summed E-state index contributed by atoms with van der Waals surface area (Å²) >= 11 is 8.81. The number of hydrogen-bond donors (Lipinski definition) is 1. The normalized spacial score (nSPS) is 19.6. The molecule has 1 atom stereocenters. The first-order valence-corrected chi connectivity index (χ1v) is 5.36. The van der Waals surface area contributed by atoms with E-state index >= 15 is 0 Å². The van der Waals surface area contributed by atoms with Crippen molar-refractivity contribution in [1.82, 2.24) is 4.67 Å². The smallest absolute Gasteiger partial charge is 0.277 e. The third-order valence-corrected chi connectivity index (χ3v) is 3.46. The largest absolute Gasteiger partial charge is 0.286 e. The average Bonchev–Trinajstić information content (AvgIpc) is 1.31. The quantitative estimate of drug-likeness (QED) is 0.465. The van der Waals surface area contributed by atoms with Crippen LogP contribution in [-0.4, -0.2) is 18.8 Å². The molecule has 0 aromatic rings. The van der Waals surface area contributed by atoms with Gasteiger partial charge in [-0.15, -0.1) is 0 Å². The van der Waals surface area contributed by atoms with Crippen molar-refractivity contribution in [2.24, 2.45) is 0 Å². The molecule has 0 saturated heterocycles. The van der Waals surface area contributed by atoms with Gasteiger partial charge in [0.2, 0.25) is 0 Å². The second-order valence-corrected chi connectivity index (χ2v) is 6.77. The molecular weight excluding hydrogens is 153 g/mol. The molecule has 2 nitrogen and oxygen atoms in total. The molecule has 0 spiro atoms. The van der Waals surface area contributed by atoms with E-state index in [4.69, 9.17) is 11.2 Å². The van der Waals surface area contributed by atoms with Gasteiger partial charge < -0.3 is 0 Å². The molecule has 7 heavy (non-hydrogen) atoms. The highest BCUT2D eigenvalue weighted by atomic mass is 35.7. The Kier molecular flexibility index (Phi) is 2.69. The Labute approximate surface area is 53.2 Å². The highest BCUT2D eigenvalue weighted by Crippen LogP contribution is 2.57. The van der Waals surface area contributed by atoms with E-state index in [1.54, 1.807) is 14.1 Å². The molecule has 0 aromatic heterocycles. The summed E-state index contributed by atoms with van der Waals surface area (Å²) in [5.74, 6) is -2.74. The molecule has 0 bridgehead atoms. The van der Waals surface area contributed by atoms with Gasteiger partial charge in [0.15, 0.2) is 0 Å². The summed E-state index contributed by atoms with van der Waals surface area (Å²) in [6, 6.07) is 0. The van der Waals surface area contributed by atoms with Crippen LogP contribution in [0, 0.1) is 0 Å². The molecule has 0 aliphatic rings. The van der Waals surface area contributed by atoms with Gasteiger partial charge in [0.25, 0.3) is 5.85 Å². The lowest BCUT2D eigenvalue weighted by Gasteiger charge is -2.09. The van der Waals surface area contributed by atoms with Gasteiger partial charge in [0, 0.05) is 0 Å². The van der Waals surface area contributed by atoms with Gasteiger partial charge in [-0.1, -0.05) is 12.2 Å². The maximum Gasteiger partial charge on any atom is 0.286 e. The fraction of sp³-hybridized carbons (Fsp3) is 1.00. The first-order valence-electron chi connectivity index (χ1n) is 1.65. The van der Waals surface area contributed by atoms with Crippen LogP contribution in [0.2, 0.25) is 0 Å². The number of nitrogens with zero attached hydrogens (tertiary/aromatic N) is 1. The first-order chi connectivity index (χ1) is 2.94. The highest BCUT2D eigenvalue weighted by molar-refractivity contribution is 8.55. The Balaban J connectivity index is 3.80. The number of hydrogen-bond acceptors (Lipinski definition) is 1. The fourth-order valence-electron chi connectivity index (χ4n) is 0. The minimum atomic E-state index is -2.74. The van der Waals surface area contributed by atoms with E-state index in [0.29, 0.717) is 0 Å². The molecule has 0 N–H and O–H groups in total. The van der Waals surface area contributed by atoms with Crippen molar-refractivity contribution in [1.29, 1.82) is 0 Å². The third-order valence-electron chi connectivity index (χ3n) is 0.493. The van der Waals surface area contributed by atoms with Gasteiger partial charge >= 0.3 is 0 Å². The van der Waals surface area contributed by atoms with Crippen molar-refractivity contribution in [2.75, 3.05) is 14.1 Å². The topological polar surface area (TPSA) is 20.3 Å². The van der Waals surface area contributed by atoms with Gasteiger partial charge in [-0.2, -0.15) is 0 Å².